The summed E-state index contributed by atoms with van der Waals surface area (Å²) in [4.78, 5) is 45.5. The van der Waals surface area contributed by atoms with Gasteiger partial charge in [0.1, 0.15) is 86.5 Å². The Morgan fingerprint density at radius 2 is 0.580 bits per heavy atom. The van der Waals surface area contributed by atoms with Gasteiger partial charge in [-0.25, -0.2) is 14.4 Å². The summed E-state index contributed by atoms with van der Waals surface area (Å²) < 4.78 is 111. The first kappa shape index (κ1) is 106. The van der Waals surface area contributed by atoms with Crippen molar-refractivity contribution in [1.82, 2.24) is 0 Å². The Morgan fingerprint density at radius 3 is 0.817 bits per heavy atom. The van der Waals surface area contributed by atoms with Crippen LogP contribution >= 0.6 is 0 Å². The largest absolute Gasteiger partial charge is 0.585 e. The molecule has 131 heavy (non-hydrogen) atoms. The van der Waals surface area contributed by atoms with Gasteiger partial charge in [-0.2, -0.15) is 0 Å². The first-order valence-corrected chi connectivity index (χ1v) is 42.2. The molecule has 0 saturated carbocycles. The van der Waals surface area contributed by atoms with Crippen LogP contribution in [0.25, 0.3) is 0 Å². The summed E-state index contributed by atoms with van der Waals surface area (Å²) in [5, 5.41) is 27.7. The number of hydrogen-bond donors (Lipinski definition) is 6. The van der Waals surface area contributed by atoms with Crippen LogP contribution in [0.2, 0.25) is 0 Å². The number of methoxy groups -OCH3 is 8. The van der Waals surface area contributed by atoms with Crippen LogP contribution in [-0.2, 0) is 131 Å². The number of carbonyl (C=O) groups excluding carboxylic acids is 3. The molecule has 0 aromatic heterocycles. The Hall–Kier alpha value is -12.0. The predicted octanol–water partition coefficient (Wildman–Crippen LogP) is 2.17. The van der Waals surface area contributed by atoms with Crippen LogP contribution in [0.15, 0.2) is 170 Å². The van der Waals surface area contributed by atoms with Crippen molar-refractivity contribution in [3.05, 3.63) is 209 Å². The lowest BCUT2D eigenvalue weighted by Crippen LogP contribution is -2.45. The highest BCUT2D eigenvalue weighted by Gasteiger charge is 2.41. The zero-order chi connectivity index (χ0) is 94.0. The number of benzene rings is 7. The lowest BCUT2D eigenvalue weighted by atomic mass is 10.00. The molecule has 6 aliphatic heterocycles. The molecule has 7 atom stereocenters. The van der Waals surface area contributed by atoms with E-state index in [2.05, 4.69) is 0 Å². The molecule has 0 fully saturated rings. The molecule has 6 heterocycles. The second-order valence-electron chi connectivity index (χ2n) is 28.9. The van der Waals surface area contributed by atoms with E-state index < -0.39 is 24.1 Å². The molecule has 7 aromatic carbocycles. The highest BCUT2D eigenvalue weighted by Crippen LogP contribution is 2.23. The second kappa shape index (κ2) is 62.3. The molecular weight excluding hydrogens is 1690 g/mol. The molecule has 7 unspecified atom stereocenters. The average Bonchev–Trinajstić information content (AvgIpc) is 0.821. The number of aliphatic carboxylic acids is 1. The van der Waals surface area contributed by atoms with E-state index in [4.69, 9.17) is 112 Å². The Kier molecular flexibility index (Phi) is 50.5. The zero-order valence-corrected chi connectivity index (χ0v) is 75.3. The van der Waals surface area contributed by atoms with E-state index in [1.54, 1.807) is 123 Å². The molecule has 9 N–H and O–H groups in total. The number of aliphatic hydroxyl groups excluding tert-OH is 1. The predicted molar refractivity (Wildman–Crippen MR) is 490 cm³/mol. The highest BCUT2D eigenvalue weighted by atomic mass is 16.7. The SMILES string of the molecule is COC(=O)C(Cc1ccc(O)cc1)[N+]1=C[B]O1.COCCOc1ccc(CC(C(=O)O)[N+]2=C[B]O2)cc1.COCCOc1ccc(CC(C(=O)OC)[N+]2=C[B]O2)cc1.COCCOc1ccc(CC(C=O)[N+]2=C[B]O2)cc1.COCCOc1ccc(CC(CN)[N+]2=C[B]O2)cc1.COCCOc1ccc(CC(CO)[N+]2=C[B]O2)cc1.COCCOc1ccc(CC(N)CN)cc1. The molecule has 0 saturated heterocycles. The van der Waals surface area contributed by atoms with Gasteiger partial charge in [0, 0.05) is 74.5 Å². The number of phenolic OH excluding ortho intramolecular Hbond substituents is 1. The van der Waals surface area contributed by atoms with Gasteiger partial charge in [0.05, 0.1) is 79.7 Å². The molecule has 6 aliphatic rings. The first-order valence-electron chi connectivity index (χ1n) is 42.2. The number of hydroxylamine groups is 6. The van der Waals surface area contributed by atoms with Gasteiger partial charge in [-0.1, -0.05) is 94.4 Å². The fourth-order valence-corrected chi connectivity index (χ4v) is 12.0. The summed E-state index contributed by atoms with van der Waals surface area (Å²) in [6.07, 6.45) is 15.6. The van der Waals surface area contributed by atoms with Crippen LogP contribution in [0, 0.1) is 0 Å². The van der Waals surface area contributed by atoms with E-state index in [9.17, 15) is 34.5 Å². The Morgan fingerprint density at radius 1 is 0.336 bits per heavy atom. The van der Waals surface area contributed by atoms with Crippen LogP contribution in [0.5, 0.6) is 40.2 Å². The van der Waals surface area contributed by atoms with Gasteiger partial charge in [-0.05, 0) is 149 Å². The smallest absolute Gasteiger partial charge is 0.508 e. The summed E-state index contributed by atoms with van der Waals surface area (Å²) in [6, 6.07) is 51.2. The molecule has 0 aliphatic carbocycles. The van der Waals surface area contributed by atoms with Crippen LogP contribution < -0.4 is 45.6 Å². The van der Waals surface area contributed by atoms with Gasteiger partial charge in [0.2, 0.25) is 48.8 Å². The molecule has 0 bridgehead atoms. The number of carboxylic acid groups (broad SMARTS) is 1. The fraction of sp³-hybridized carbons (Fsp3) is 0.416. The Balaban J connectivity index is 0.000000209. The number of nitrogens with two attached hydrogens (primary N) is 3. The van der Waals surface area contributed by atoms with E-state index in [1.807, 2.05) is 158 Å². The van der Waals surface area contributed by atoms with Crippen molar-refractivity contribution in [2.45, 2.75) is 87.2 Å². The number of phenols is 1. The van der Waals surface area contributed by atoms with Crippen molar-refractivity contribution in [3.8, 4) is 40.2 Å². The summed E-state index contributed by atoms with van der Waals surface area (Å²) in [5.41, 5.74) is 24.4. The van der Waals surface area contributed by atoms with Gasteiger partial charge in [0.25, 0.3) is 24.2 Å². The number of carbonyl (C=O) groups is 4. The summed E-state index contributed by atoms with van der Waals surface area (Å²) in [6.45, 7) is 7.71. The van der Waals surface area contributed by atoms with E-state index in [1.165, 1.54) is 66.7 Å². The summed E-state index contributed by atoms with van der Waals surface area (Å²) in [7, 11) is 21.8. The van der Waals surface area contributed by atoms with E-state index in [0.717, 1.165) is 87.9 Å². The molecular formula is C89H119B6N9O27+6. The number of hydrogen-bond acceptors (Lipinski definition) is 29. The lowest BCUT2D eigenvalue weighted by Gasteiger charge is -2.16. The third-order valence-corrected chi connectivity index (χ3v) is 19.5. The van der Waals surface area contributed by atoms with E-state index in [0.29, 0.717) is 118 Å². The van der Waals surface area contributed by atoms with Crippen LogP contribution in [0.4, 0.5) is 0 Å². The number of aldehydes is 1. The molecule has 6 radical (unpaired) electrons. The standard InChI is InChI=1S/C14H18BNO5.C13H19BN2O3.C13H15BNO5.C13H18BNO4.C13H16BNO4.C12H20N2O2.C11H11BNO4/c1-18-7-8-20-12-5-3-11(4-6-12)9-13(14(17)19-2)16-10-15-21-16;1-17-6-7-18-13-4-2-11(3-5-13)8-12(9-15)16-10-14-19-16;1-18-6-7-19-11-4-2-10(3-5-11)8-12(13(16)17)15-9-14-20-15;2*1-17-6-7-18-13-4-2-11(3-5-13)8-12(9-16)15-10-14-19-15;1-15-6-7-16-12-4-2-10(3-5-12)8-11(14)9-13;1-16-11(15)10(13-7-12-17-13)6-8-2-4-9(14)5-3-8/h3-6,10,13H,7-9H2,1-2H3;2-5,10,12H,6-9,15H2,1H3;2-5,9,12H,6-8H2,1H3;2-5,10,12,16H,6-9H2,1H3;2-5,9-10,12H,6-8H2,1H3;2-5,11H,6-9,13-14H2,1H3;2-5,7,10H,6H2,1H3/q2*+1;;2*+1;;/p+2. The van der Waals surface area contributed by atoms with Gasteiger partial charge in [-0.3, -0.25) is 4.79 Å². The Bertz CT molecular complexity index is 4560. The molecule has 36 nitrogen and oxygen atoms in total. The van der Waals surface area contributed by atoms with Gasteiger partial charge >= 0.3 is 62.8 Å². The second-order valence-corrected chi connectivity index (χ2v) is 28.9. The number of nitrogens with zero attached hydrogens (tertiary/aromatic N) is 6. The van der Waals surface area contributed by atoms with Crippen molar-refractivity contribution in [2.24, 2.45) is 17.2 Å². The number of esters is 2. The number of aromatic hydroxyl groups is 1. The van der Waals surface area contributed by atoms with E-state index in [-0.39, 0.29) is 48.5 Å². The van der Waals surface area contributed by atoms with Crippen molar-refractivity contribution in [1.29, 1.82) is 0 Å². The van der Waals surface area contributed by atoms with Gasteiger partial charge in [0.15, 0.2) is 6.29 Å². The van der Waals surface area contributed by atoms with E-state index >= 15 is 0 Å². The number of aliphatic hydroxyl groups is 1. The number of ether oxygens (including phenoxy) is 14. The van der Waals surface area contributed by atoms with Crippen LogP contribution in [0.3, 0.4) is 0 Å². The molecule has 7 aromatic rings. The average molecular weight is 1810 g/mol. The quantitative estimate of drug-likeness (QED) is 0.0105. The summed E-state index contributed by atoms with van der Waals surface area (Å²) >= 11 is 0. The number of rotatable bonds is 51. The topological polar surface area (TPSA) is 410 Å². The minimum Gasteiger partial charge on any atom is -0.508 e. The van der Waals surface area contributed by atoms with Crippen LogP contribution in [-0.4, -0.2) is 348 Å². The van der Waals surface area contributed by atoms with Crippen molar-refractivity contribution in [3.63, 3.8) is 0 Å². The Labute approximate surface area is 769 Å². The summed E-state index contributed by atoms with van der Waals surface area (Å²) in [5.74, 6) is 3.40. The first-order chi connectivity index (χ1) is 63.9. The molecule has 0 amide bonds. The molecule has 0 spiro atoms. The maximum absolute atomic E-state index is 11.8. The molecule has 13 rings (SSSR count). The third kappa shape index (κ3) is 39.7. The molecule has 42 heteroatoms. The normalized spacial score (nSPS) is 14.3. The lowest BCUT2D eigenvalue weighted by molar-refractivity contribution is -0.785. The van der Waals surface area contributed by atoms with Crippen molar-refractivity contribution < 1.29 is 158 Å². The van der Waals surface area contributed by atoms with Crippen molar-refractivity contribution in [2.75, 3.05) is 156 Å². The van der Waals surface area contributed by atoms with Crippen LogP contribution in [0.1, 0.15) is 38.9 Å². The molecule has 694 valence electrons. The number of carboxylic acids is 1. The fourth-order valence-electron chi connectivity index (χ4n) is 12.0. The maximum Gasteiger partial charge on any atom is 0.585 e. The zero-order valence-electron chi connectivity index (χ0n) is 75.3. The van der Waals surface area contributed by atoms with Gasteiger partial charge < -0.3 is 127 Å². The minimum absolute atomic E-state index is 0.0280. The third-order valence-electron chi connectivity index (χ3n) is 19.5. The monoisotopic (exact) mass is 1810 g/mol. The van der Waals surface area contributed by atoms with Crippen molar-refractivity contribution >= 4 is 106 Å². The minimum atomic E-state index is -0.922. The maximum atomic E-state index is 11.8. The van der Waals surface area contributed by atoms with Gasteiger partial charge in [-0.15, -0.1) is 0 Å². The highest BCUT2D eigenvalue weighted by molar-refractivity contribution is 6.64.